The van der Waals surface area contributed by atoms with E-state index in [1.54, 1.807) is 22.7 Å². The van der Waals surface area contributed by atoms with Crippen molar-refractivity contribution < 1.29 is 14.6 Å². The minimum Gasteiger partial charge on any atom is -0.476 e. The molecule has 1 saturated carbocycles. The number of hydrogen-bond acceptors (Lipinski definition) is 4. The summed E-state index contributed by atoms with van der Waals surface area (Å²) in [7, 11) is 0. The Morgan fingerprint density at radius 2 is 2.35 bits per heavy atom. The van der Waals surface area contributed by atoms with Crippen LogP contribution in [0.15, 0.2) is 24.4 Å². The topological polar surface area (TPSA) is 75.9 Å². The number of carboxylic acid groups (broad SMARTS) is 1. The van der Waals surface area contributed by atoms with Gasteiger partial charge >= 0.3 is 5.97 Å². The van der Waals surface area contributed by atoms with Crippen LogP contribution >= 0.6 is 0 Å². The van der Waals surface area contributed by atoms with Gasteiger partial charge in [0.15, 0.2) is 11.5 Å². The van der Waals surface area contributed by atoms with Crippen molar-refractivity contribution in [2.45, 2.75) is 31.9 Å². The Morgan fingerprint density at radius 1 is 1.55 bits per heavy atom. The molecule has 0 bridgehead atoms. The first-order valence-corrected chi connectivity index (χ1v) is 6.77. The maximum atomic E-state index is 11.4. The number of nitrogens with one attached hydrogen (secondary N) is 1. The molecule has 0 saturated heterocycles. The molecule has 1 aliphatic rings. The molecule has 20 heavy (non-hydrogen) atoms. The molecule has 2 heterocycles. The Balaban J connectivity index is 1.81. The molecule has 2 aromatic heterocycles. The van der Waals surface area contributed by atoms with E-state index in [9.17, 15) is 9.90 Å². The summed E-state index contributed by atoms with van der Waals surface area (Å²) in [5, 5.41) is 12.6. The molecular weight excluding hydrogens is 258 g/mol. The van der Waals surface area contributed by atoms with Crippen LogP contribution in [0.3, 0.4) is 0 Å². The number of carboxylic acids is 1. The molecule has 0 radical (unpaired) electrons. The summed E-state index contributed by atoms with van der Waals surface area (Å²) < 4.78 is 7.09. The first-order chi connectivity index (χ1) is 9.69. The molecule has 0 aliphatic heterocycles. The maximum absolute atomic E-state index is 11.4. The Labute approximate surface area is 116 Å². The van der Waals surface area contributed by atoms with E-state index in [2.05, 4.69) is 10.3 Å². The molecular formula is C14H17N3O3. The van der Waals surface area contributed by atoms with E-state index in [1.807, 2.05) is 13.0 Å². The number of imidazole rings is 1. The molecule has 3 rings (SSSR count). The fraction of sp³-hybridized carbons (Fsp3) is 0.429. The number of aromatic nitrogens is 2. The molecule has 2 N–H and O–H groups in total. The predicted octanol–water partition coefficient (Wildman–Crippen LogP) is 2.01. The van der Waals surface area contributed by atoms with Crippen molar-refractivity contribution in [2.24, 2.45) is 0 Å². The second kappa shape index (κ2) is 5.13. The Hall–Kier alpha value is -2.08. The van der Waals surface area contributed by atoms with Gasteiger partial charge in [0.1, 0.15) is 5.65 Å². The van der Waals surface area contributed by atoms with Crippen LogP contribution in [0, 0.1) is 0 Å². The van der Waals surface area contributed by atoms with E-state index < -0.39 is 5.97 Å². The lowest BCUT2D eigenvalue weighted by Gasteiger charge is -2.35. The minimum absolute atomic E-state index is 0.181. The Bertz CT molecular complexity index is 632. The third-order valence-corrected chi connectivity index (χ3v) is 3.57. The zero-order valence-electron chi connectivity index (χ0n) is 11.2. The summed E-state index contributed by atoms with van der Waals surface area (Å²) in [5.74, 6) is -0.546. The summed E-state index contributed by atoms with van der Waals surface area (Å²) in [6.07, 6.45) is 3.77. The first kappa shape index (κ1) is 12.9. The van der Waals surface area contributed by atoms with Crippen LogP contribution in [0.1, 0.15) is 30.3 Å². The highest BCUT2D eigenvalue weighted by Crippen LogP contribution is 2.28. The molecule has 0 unspecified atom stereocenters. The predicted molar refractivity (Wildman–Crippen MR) is 74.2 cm³/mol. The average Bonchev–Trinajstić information content (AvgIpc) is 2.74. The van der Waals surface area contributed by atoms with Gasteiger partial charge in [-0.25, -0.2) is 9.78 Å². The van der Waals surface area contributed by atoms with Crippen LogP contribution in [0.2, 0.25) is 0 Å². The van der Waals surface area contributed by atoms with Crippen molar-refractivity contribution in [1.29, 1.82) is 0 Å². The molecule has 2 aromatic rings. The number of ether oxygens (including phenoxy) is 1. The van der Waals surface area contributed by atoms with Crippen molar-refractivity contribution in [3.63, 3.8) is 0 Å². The Morgan fingerprint density at radius 3 is 3.05 bits per heavy atom. The summed E-state index contributed by atoms with van der Waals surface area (Å²) in [6.45, 7) is 2.69. The summed E-state index contributed by atoms with van der Waals surface area (Å²) in [4.78, 5) is 15.8. The lowest BCUT2D eigenvalue weighted by atomic mass is 9.89. The number of aromatic carboxylic acids is 1. The van der Waals surface area contributed by atoms with E-state index in [0.717, 1.165) is 12.8 Å². The number of pyridine rings is 1. The van der Waals surface area contributed by atoms with E-state index in [1.165, 1.54) is 0 Å². The van der Waals surface area contributed by atoms with Gasteiger partial charge in [-0.3, -0.25) is 4.40 Å². The SMILES string of the molecule is CCOC1CC(Nc2nc3ccccn3c2C(=O)O)C1. The highest BCUT2D eigenvalue weighted by molar-refractivity contribution is 5.93. The maximum Gasteiger partial charge on any atom is 0.356 e. The average molecular weight is 275 g/mol. The standard InChI is InChI=1S/C14H17N3O3/c1-2-20-10-7-9(8-10)15-13-12(14(18)19)17-6-4-3-5-11(17)16-13/h3-6,9-10,15H,2,7-8H2,1H3,(H,18,19). The third kappa shape index (κ3) is 2.22. The van der Waals surface area contributed by atoms with Crippen molar-refractivity contribution in [1.82, 2.24) is 9.38 Å². The third-order valence-electron chi connectivity index (χ3n) is 3.57. The zero-order chi connectivity index (χ0) is 14.1. The molecule has 1 aliphatic carbocycles. The van der Waals surface area contributed by atoms with Gasteiger partial charge in [-0.15, -0.1) is 0 Å². The van der Waals surface area contributed by atoms with E-state index in [-0.39, 0.29) is 17.8 Å². The number of fused-ring (bicyclic) bond motifs is 1. The number of hydrogen-bond donors (Lipinski definition) is 2. The smallest absolute Gasteiger partial charge is 0.356 e. The molecule has 6 nitrogen and oxygen atoms in total. The molecule has 6 heteroatoms. The van der Waals surface area contributed by atoms with E-state index in [0.29, 0.717) is 18.1 Å². The van der Waals surface area contributed by atoms with Crippen LogP contribution in [0.5, 0.6) is 0 Å². The molecule has 0 amide bonds. The van der Waals surface area contributed by atoms with Crippen molar-refractivity contribution in [2.75, 3.05) is 11.9 Å². The van der Waals surface area contributed by atoms with Crippen molar-refractivity contribution in [3.8, 4) is 0 Å². The highest BCUT2D eigenvalue weighted by atomic mass is 16.5. The summed E-state index contributed by atoms with van der Waals surface area (Å²) >= 11 is 0. The fourth-order valence-electron chi connectivity index (χ4n) is 2.55. The van der Waals surface area contributed by atoms with Crippen molar-refractivity contribution >= 4 is 17.4 Å². The van der Waals surface area contributed by atoms with Gasteiger partial charge < -0.3 is 15.2 Å². The normalized spacial score (nSPS) is 21.6. The van der Waals surface area contributed by atoms with Gasteiger partial charge in [0, 0.05) is 18.8 Å². The van der Waals surface area contributed by atoms with E-state index >= 15 is 0 Å². The van der Waals surface area contributed by atoms with Crippen LogP contribution in [0.4, 0.5) is 5.82 Å². The lowest BCUT2D eigenvalue weighted by Crippen LogP contribution is -2.41. The molecule has 106 valence electrons. The molecule has 0 atom stereocenters. The van der Waals surface area contributed by atoms with Crippen LogP contribution < -0.4 is 5.32 Å². The lowest BCUT2D eigenvalue weighted by molar-refractivity contribution is 0.00292. The van der Waals surface area contributed by atoms with E-state index in [4.69, 9.17) is 4.74 Å². The summed E-state index contributed by atoms with van der Waals surface area (Å²) in [6, 6.07) is 5.65. The van der Waals surface area contributed by atoms with Gasteiger partial charge in [0.25, 0.3) is 0 Å². The van der Waals surface area contributed by atoms with Crippen molar-refractivity contribution in [3.05, 3.63) is 30.1 Å². The van der Waals surface area contributed by atoms with Crippen LogP contribution in [0.25, 0.3) is 5.65 Å². The van der Waals surface area contributed by atoms with Gasteiger partial charge in [0.05, 0.1) is 6.10 Å². The van der Waals surface area contributed by atoms with Crippen LogP contribution in [-0.4, -0.2) is 39.2 Å². The first-order valence-electron chi connectivity index (χ1n) is 6.77. The van der Waals surface area contributed by atoms with Gasteiger partial charge in [-0.2, -0.15) is 0 Å². The second-order valence-electron chi connectivity index (χ2n) is 4.93. The molecule has 0 aromatic carbocycles. The summed E-state index contributed by atoms with van der Waals surface area (Å²) in [5.41, 5.74) is 0.813. The highest BCUT2D eigenvalue weighted by Gasteiger charge is 2.31. The fourth-order valence-corrected chi connectivity index (χ4v) is 2.55. The monoisotopic (exact) mass is 275 g/mol. The molecule has 1 fully saturated rings. The largest absolute Gasteiger partial charge is 0.476 e. The number of anilines is 1. The van der Waals surface area contributed by atoms with Gasteiger partial charge in [-0.1, -0.05) is 6.07 Å². The molecule has 0 spiro atoms. The number of nitrogens with zero attached hydrogens (tertiary/aromatic N) is 2. The van der Waals surface area contributed by atoms with Gasteiger partial charge in [-0.05, 0) is 31.9 Å². The van der Waals surface area contributed by atoms with Crippen LogP contribution in [-0.2, 0) is 4.74 Å². The quantitative estimate of drug-likeness (QED) is 0.873. The number of rotatable bonds is 5. The Kier molecular flexibility index (Phi) is 3.31. The second-order valence-corrected chi connectivity index (χ2v) is 4.93. The minimum atomic E-state index is -0.980. The zero-order valence-corrected chi connectivity index (χ0v) is 11.2. The number of carbonyl (C=O) groups is 1. The van der Waals surface area contributed by atoms with Gasteiger partial charge in [0.2, 0.25) is 0 Å².